The third-order valence-electron chi connectivity index (χ3n) is 3.94. The van der Waals surface area contributed by atoms with E-state index >= 15 is 0 Å². The molecule has 2 aliphatic rings. The quantitative estimate of drug-likeness (QED) is 0.581. The maximum absolute atomic E-state index is 11.4. The van der Waals surface area contributed by atoms with Crippen molar-refractivity contribution in [3.63, 3.8) is 0 Å². The zero-order chi connectivity index (χ0) is 14.4. The molecule has 0 aliphatic carbocycles. The molecule has 0 aromatic carbocycles. The van der Waals surface area contributed by atoms with Gasteiger partial charge in [0.05, 0.1) is 6.54 Å². The maximum atomic E-state index is 11.4. The van der Waals surface area contributed by atoms with Gasteiger partial charge in [-0.2, -0.15) is 0 Å². The van der Waals surface area contributed by atoms with Gasteiger partial charge in [-0.15, -0.1) is 0 Å². The molecule has 20 heavy (non-hydrogen) atoms. The summed E-state index contributed by atoms with van der Waals surface area (Å²) in [5.74, 6) is -0.298. The van der Waals surface area contributed by atoms with Gasteiger partial charge >= 0.3 is 12.0 Å². The minimum Gasteiger partial charge on any atom is -0.480 e. The van der Waals surface area contributed by atoms with Crippen LogP contribution in [0.25, 0.3) is 0 Å². The first-order chi connectivity index (χ1) is 9.65. The molecule has 3 N–H and O–H groups in total. The van der Waals surface area contributed by atoms with E-state index in [1.54, 1.807) is 0 Å². The highest BCUT2D eigenvalue weighted by atomic mass is 16.4. The second-order valence-electron chi connectivity index (χ2n) is 5.55. The number of aliphatic carboxylic acids is 1. The molecule has 1 unspecified atom stereocenters. The molecule has 2 aliphatic heterocycles. The fourth-order valence-electron chi connectivity index (χ4n) is 2.89. The summed E-state index contributed by atoms with van der Waals surface area (Å²) in [4.78, 5) is 26.1. The van der Waals surface area contributed by atoms with Gasteiger partial charge in [0.25, 0.3) is 0 Å². The molecule has 0 bridgehead atoms. The fourth-order valence-corrected chi connectivity index (χ4v) is 2.89. The molecule has 7 nitrogen and oxygen atoms in total. The van der Waals surface area contributed by atoms with Gasteiger partial charge in [0.2, 0.25) is 0 Å². The molecule has 2 amide bonds. The van der Waals surface area contributed by atoms with Crippen molar-refractivity contribution in [3.8, 4) is 0 Å². The van der Waals surface area contributed by atoms with E-state index in [-0.39, 0.29) is 12.6 Å². The van der Waals surface area contributed by atoms with Crippen LogP contribution in [0.5, 0.6) is 0 Å². The Morgan fingerprint density at radius 1 is 1.40 bits per heavy atom. The van der Waals surface area contributed by atoms with E-state index in [1.165, 1.54) is 0 Å². The molecular weight excluding hydrogens is 260 g/mol. The SMILES string of the molecule is O=C(O)CNCC1CCCN(CCN2CCNC2=O)C1. The zero-order valence-electron chi connectivity index (χ0n) is 11.8. The standard InChI is InChI=1S/C13H24N4O3/c18-12(19)9-14-8-11-2-1-4-16(10-11)6-7-17-5-3-15-13(17)20/h11,14H,1-10H2,(H,15,20)(H,18,19). The van der Waals surface area contributed by atoms with Crippen LogP contribution in [0.1, 0.15) is 12.8 Å². The Balaban J connectivity index is 1.65. The van der Waals surface area contributed by atoms with Crippen LogP contribution in [-0.2, 0) is 4.79 Å². The summed E-state index contributed by atoms with van der Waals surface area (Å²) in [5, 5.41) is 14.4. The topological polar surface area (TPSA) is 84.9 Å². The van der Waals surface area contributed by atoms with Crippen molar-refractivity contribution in [1.82, 2.24) is 20.4 Å². The van der Waals surface area contributed by atoms with E-state index in [4.69, 9.17) is 5.11 Å². The highest BCUT2D eigenvalue weighted by molar-refractivity contribution is 5.76. The normalized spacial score (nSPS) is 23.9. The summed E-state index contributed by atoms with van der Waals surface area (Å²) in [5.41, 5.74) is 0. The molecule has 2 fully saturated rings. The Kier molecular flexibility index (Phi) is 5.60. The Bertz CT molecular complexity index is 351. The number of amides is 2. The van der Waals surface area contributed by atoms with Gasteiger partial charge in [0, 0.05) is 32.7 Å². The monoisotopic (exact) mass is 284 g/mol. The Hall–Kier alpha value is -1.34. The summed E-state index contributed by atoms with van der Waals surface area (Å²) in [6.45, 7) is 6.09. The van der Waals surface area contributed by atoms with Crippen LogP contribution in [0.4, 0.5) is 4.79 Å². The highest BCUT2D eigenvalue weighted by Gasteiger charge is 2.23. The van der Waals surface area contributed by atoms with Crippen molar-refractivity contribution in [2.75, 3.05) is 52.4 Å². The number of hydrogen-bond acceptors (Lipinski definition) is 4. The van der Waals surface area contributed by atoms with E-state index < -0.39 is 5.97 Å². The second-order valence-corrected chi connectivity index (χ2v) is 5.55. The second kappa shape index (κ2) is 7.44. The van der Waals surface area contributed by atoms with Gasteiger partial charge in [-0.05, 0) is 31.8 Å². The molecule has 0 aromatic heterocycles. The third-order valence-corrected chi connectivity index (χ3v) is 3.94. The summed E-state index contributed by atoms with van der Waals surface area (Å²) in [7, 11) is 0. The van der Waals surface area contributed by atoms with Crippen molar-refractivity contribution in [2.24, 2.45) is 5.92 Å². The smallest absolute Gasteiger partial charge is 0.317 e. The molecule has 2 heterocycles. The molecule has 0 radical (unpaired) electrons. The van der Waals surface area contributed by atoms with Gasteiger partial charge in [-0.3, -0.25) is 4.79 Å². The summed E-state index contributed by atoms with van der Waals surface area (Å²) in [6.07, 6.45) is 2.29. The first-order valence-corrected chi connectivity index (χ1v) is 7.33. The molecule has 7 heteroatoms. The average Bonchev–Trinajstić information content (AvgIpc) is 2.82. The van der Waals surface area contributed by atoms with Gasteiger partial charge in [-0.1, -0.05) is 0 Å². The number of nitrogens with zero attached hydrogens (tertiary/aromatic N) is 2. The van der Waals surface area contributed by atoms with Crippen LogP contribution < -0.4 is 10.6 Å². The molecule has 114 valence electrons. The average molecular weight is 284 g/mol. The number of likely N-dealkylation sites (tertiary alicyclic amines) is 1. The van der Waals surface area contributed by atoms with Gasteiger partial charge < -0.3 is 25.5 Å². The molecular formula is C13H24N4O3. The Morgan fingerprint density at radius 2 is 2.25 bits per heavy atom. The molecule has 2 rings (SSSR count). The molecule has 1 atom stereocenters. The maximum Gasteiger partial charge on any atom is 0.317 e. The minimum absolute atomic E-state index is 0.0322. The number of urea groups is 1. The number of hydrogen-bond donors (Lipinski definition) is 3. The molecule has 0 spiro atoms. The van der Waals surface area contributed by atoms with Crippen molar-refractivity contribution in [3.05, 3.63) is 0 Å². The fraction of sp³-hybridized carbons (Fsp3) is 0.846. The van der Waals surface area contributed by atoms with E-state index in [1.807, 2.05) is 4.90 Å². The number of rotatable bonds is 7. The zero-order valence-corrected chi connectivity index (χ0v) is 11.8. The van der Waals surface area contributed by atoms with Crippen LogP contribution >= 0.6 is 0 Å². The lowest BCUT2D eigenvalue weighted by Crippen LogP contribution is -2.44. The molecule has 2 saturated heterocycles. The van der Waals surface area contributed by atoms with Gasteiger partial charge in [-0.25, -0.2) is 4.79 Å². The predicted molar refractivity (Wildman–Crippen MR) is 74.6 cm³/mol. The van der Waals surface area contributed by atoms with Crippen LogP contribution in [0, 0.1) is 5.92 Å². The molecule has 0 saturated carbocycles. The number of carbonyl (C=O) groups excluding carboxylic acids is 1. The van der Waals surface area contributed by atoms with Crippen molar-refractivity contribution < 1.29 is 14.7 Å². The number of nitrogens with one attached hydrogen (secondary N) is 2. The van der Waals surface area contributed by atoms with Crippen LogP contribution in [0.3, 0.4) is 0 Å². The largest absolute Gasteiger partial charge is 0.480 e. The highest BCUT2D eigenvalue weighted by Crippen LogP contribution is 2.15. The summed E-state index contributed by atoms with van der Waals surface area (Å²) >= 11 is 0. The number of carbonyl (C=O) groups is 2. The van der Waals surface area contributed by atoms with Crippen molar-refractivity contribution in [1.29, 1.82) is 0 Å². The lowest BCUT2D eigenvalue weighted by atomic mass is 9.98. The minimum atomic E-state index is -0.808. The van der Waals surface area contributed by atoms with Gasteiger partial charge in [0.15, 0.2) is 0 Å². The Labute approximate surface area is 119 Å². The third kappa shape index (κ3) is 4.64. The van der Waals surface area contributed by atoms with Crippen LogP contribution in [0.2, 0.25) is 0 Å². The van der Waals surface area contributed by atoms with Gasteiger partial charge in [0.1, 0.15) is 0 Å². The number of carboxylic acid groups (broad SMARTS) is 1. The number of carboxylic acids is 1. The first-order valence-electron chi connectivity index (χ1n) is 7.33. The van der Waals surface area contributed by atoms with E-state index in [9.17, 15) is 9.59 Å². The van der Waals surface area contributed by atoms with Crippen LogP contribution in [-0.4, -0.2) is 79.3 Å². The lowest BCUT2D eigenvalue weighted by molar-refractivity contribution is -0.136. The van der Waals surface area contributed by atoms with Crippen LogP contribution in [0.15, 0.2) is 0 Å². The number of piperidine rings is 1. The lowest BCUT2D eigenvalue weighted by Gasteiger charge is -2.33. The van der Waals surface area contributed by atoms with Crippen molar-refractivity contribution in [2.45, 2.75) is 12.8 Å². The summed E-state index contributed by atoms with van der Waals surface area (Å²) in [6, 6.07) is 0.0432. The predicted octanol–water partition coefficient (Wildman–Crippen LogP) is -0.602. The van der Waals surface area contributed by atoms with E-state index in [0.29, 0.717) is 5.92 Å². The van der Waals surface area contributed by atoms with E-state index in [0.717, 1.165) is 58.7 Å². The summed E-state index contributed by atoms with van der Waals surface area (Å²) < 4.78 is 0. The van der Waals surface area contributed by atoms with Crippen molar-refractivity contribution >= 4 is 12.0 Å². The molecule has 0 aromatic rings. The first kappa shape index (κ1) is 15.1. The van der Waals surface area contributed by atoms with E-state index in [2.05, 4.69) is 15.5 Å². The Morgan fingerprint density at radius 3 is 2.95 bits per heavy atom.